The van der Waals surface area contributed by atoms with Gasteiger partial charge < -0.3 is 10.0 Å². The van der Waals surface area contributed by atoms with Gasteiger partial charge in [0.1, 0.15) is 6.23 Å². The highest BCUT2D eigenvalue weighted by Crippen LogP contribution is 2.47. The van der Waals surface area contributed by atoms with Gasteiger partial charge in [-0.3, -0.25) is 4.79 Å². The topological polar surface area (TPSA) is 40.5 Å². The zero-order chi connectivity index (χ0) is 15.2. The molecule has 1 N–H and O–H groups in total. The second-order valence-electron chi connectivity index (χ2n) is 4.48. The summed E-state index contributed by atoms with van der Waals surface area (Å²) < 4.78 is 0. The summed E-state index contributed by atoms with van der Waals surface area (Å²) in [6, 6.07) is -0.563. The third-order valence-corrected chi connectivity index (χ3v) is 5.61. The van der Waals surface area contributed by atoms with Crippen molar-refractivity contribution in [3.8, 4) is 0 Å². The number of carbonyl (C=O) groups excluding carboxylic acids is 1. The lowest BCUT2D eigenvalue weighted by Gasteiger charge is -2.30. The van der Waals surface area contributed by atoms with Crippen molar-refractivity contribution in [2.24, 2.45) is 0 Å². The molecule has 2 rings (SSSR count). The zero-order valence-electron chi connectivity index (χ0n) is 10.3. The fourth-order valence-electron chi connectivity index (χ4n) is 2.29. The van der Waals surface area contributed by atoms with Gasteiger partial charge in [-0.1, -0.05) is 58.0 Å². The molecular weight excluding hydrogens is 367 g/mol. The van der Waals surface area contributed by atoms with Gasteiger partial charge in [0.15, 0.2) is 0 Å². The molecule has 1 saturated heterocycles. The number of halogens is 5. The van der Waals surface area contributed by atoms with Crippen LogP contribution in [0.15, 0.2) is 0 Å². The highest BCUT2D eigenvalue weighted by Gasteiger charge is 2.36. The van der Waals surface area contributed by atoms with Crippen molar-refractivity contribution in [3.63, 3.8) is 0 Å². The number of nitrogens with zero attached hydrogens (tertiary/aromatic N) is 1. The molecule has 1 aliphatic heterocycles. The van der Waals surface area contributed by atoms with Gasteiger partial charge in [0.05, 0.1) is 31.2 Å². The maximum Gasteiger partial charge on any atom is 0.225 e. The summed E-state index contributed by atoms with van der Waals surface area (Å²) >= 11 is 30.3. The normalized spacial score (nSPS) is 20.6. The monoisotopic (exact) mass is 375 g/mol. The van der Waals surface area contributed by atoms with Crippen molar-refractivity contribution in [2.75, 3.05) is 0 Å². The molecule has 0 bridgehead atoms. The van der Waals surface area contributed by atoms with Crippen LogP contribution in [-0.2, 0) is 4.79 Å². The van der Waals surface area contributed by atoms with E-state index in [1.165, 1.54) is 4.90 Å². The SMILES string of the molecule is C[C@@H](c1c(Cl)c(Cl)c(Cl)c(Cl)c1Cl)N1C(=O)CCC1O. The molecule has 110 valence electrons. The average Bonchev–Trinajstić information content (AvgIpc) is 2.73. The van der Waals surface area contributed by atoms with Crippen LogP contribution in [-0.4, -0.2) is 22.1 Å². The standard InChI is InChI=1S/C12H10Cl5NO2/c1-4(18-5(19)2-3-6(18)20)7-8(13)10(15)12(17)11(16)9(7)14/h4-5,19H,2-3H2,1H3/t4-,5?/m0/s1. The molecule has 1 aromatic rings. The van der Waals surface area contributed by atoms with Crippen molar-refractivity contribution in [1.82, 2.24) is 4.90 Å². The van der Waals surface area contributed by atoms with Gasteiger partial charge in [-0.15, -0.1) is 0 Å². The van der Waals surface area contributed by atoms with Crippen LogP contribution in [0.2, 0.25) is 25.1 Å². The first kappa shape index (κ1) is 16.5. The molecule has 1 unspecified atom stereocenters. The number of carbonyl (C=O) groups is 1. The molecule has 3 nitrogen and oxygen atoms in total. The molecule has 0 spiro atoms. The molecule has 1 aliphatic rings. The lowest BCUT2D eigenvalue weighted by Crippen LogP contribution is -2.35. The lowest BCUT2D eigenvalue weighted by atomic mass is 10.1. The Hall–Kier alpha value is 0.1000. The number of aliphatic hydroxyl groups excluding tert-OH is 1. The highest BCUT2D eigenvalue weighted by atomic mass is 35.5. The third-order valence-electron chi connectivity index (χ3n) is 3.30. The number of aliphatic hydroxyl groups is 1. The molecule has 1 aromatic carbocycles. The van der Waals surface area contributed by atoms with Gasteiger partial charge >= 0.3 is 0 Å². The first-order valence-corrected chi connectivity index (χ1v) is 7.66. The molecule has 20 heavy (non-hydrogen) atoms. The zero-order valence-corrected chi connectivity index (χ0v) is 14.0. The minimum atomic E-state index is -0.877. The Morgan fingerprint density at radius 2 is 1.50 bits per heavy atom. The van der Waals surface area contributed by atoms with Crippen LogP contribution in [0, 0.1) is 0 Å². The summed E-state index contributed by atoms with van der Waals surface area (Å²) in [6.07, 6.45) is -0.235. The highest BCUT2D eigenvalue weighted by molar-refractivity contribution is 6.55. The van der Waals surface area contributed by atoms with E-state index < -0.39 is 12.3 Å². The predicted octanol–water partition coefficient (Wildman–Crippen LogP) is 4.96. The largest absolute Gasteiger partial charge is 0.373 e. The van der Waals surface area contributed by atoms with E-state index in [9.17, 15) is 9.90 Å². The molecule has 0 saturated carbocycles. The first-order chi connectivity index (χ1) is 9.27. The van der Waals surface area contributed by atoms with Crippen LogP contribution in [0.3, 0.4) is 0 Å². The third kappa shape index (κ3) is 2.60. The molecule has 1 amide bonds. The molecule has 8 heteroatoms. The van der Waals surface area contributed by atoms with Crippen molar-refractivity contribution < 1.29 is 9.90 Å². The van der Waals surface area contributed by atoms with E-state index in [-0.39, 0.29) is 37.4 Å². The molecule has 0 aromatic heterocycles. The lowest BCUT2D eigenvalue weighted by molar-refractivity contribution is -0.136. The van der Waals surface area contributed by atoms with E-state index in [1.807, 2.05) is 0 Å². The molecule has 1 heterocycles. The number of hydrogen-bond acceptors (Lipinski definition) is 2. The summed E-state index contributed by atoms with van der Waals surface area (Å²) in [4.78, 5) is 13.2. The van der Waals surface area contributed by atoms with Gasteiger partial charge in [0.2, 0.25) is 5.91 Å². The van der Waals surface area contributed by atoms with Crippen molar-refractivity contribution in [2.45, 2.75) is 32.0 Å². The van der Waals surface area contributed by atoms with E-state index in [2.05, 4.69) is 0 Å². The van der Waals surface area contributed by atoms with Crippen LogP contribution < -0.4 is 0 Å². The van der Waals surface area contributed by atoms with Crippen molar-refractivity contribution in [3.05, 3.63) is 30.7 Å². The van der Waals surface area contributed by atoms with Crippen LogP contribution in [0.25, 0.3) is 0 Å². The van der Waals surface area contributed by atoms with Gasteiger partial charge in [-0.05, 0) is 6.92 Å². The van der Waals surface area contributed by atoms with Crippen LogP contribution >= 0.6 is 58.0 Å². The van der Waals surface area contributed by atoms with E-state index in [0.717, 1.165) is 0 Å². The summed E-state index contributed by atoms with van der Waals surface area (Å²) in [5.41, 5.74) is 0.377. The Morgan fingerprint density at radius 3 is 1.90 bits per heavy atom. The maximum atomic E-state index is 11.8. The van der Waals surface area contributed by atoms with E-state index in [1.54, 1.807) is 6.92 Å². The fraction of sp³-hybridized carbons (Fsp3) is 0.417. The maximum absolute atomic E-state index is 11.8. The molecule has 0 radical (unpaired) electrons. The molecular formula is C12H10Cl5NO2. The predicted molar refractivity (Wildman–Crippen MR) is 82.0 cm³/mol. The van der Waals surface area contributed by atoms with Crippen LogP contribution in [0.1, 0.15) is 31.4 Å². The second-order valence-corrected chi connectivity index (χ2v) is 6.37. The van der Waals surface area contributed by atoms with Crippen LogP contribution in [0.5, 0.6) is 0 Å². The minimum absolute atomic E-state index is 0.0626. The fourth-order valence-corrected chi connectivity index (χ4v) is 3.76. The molecule has 1 fully saturated rings. The van der Waals surface area contributed by atoms with E-state index in [0.29, 0.717) is 12.0 Å². The van der Waals surface area contributed by atoms with E-state index in [4.69, 9.17) is 58.0 Å². The molecule has 2 atom stereocenters. The molecule has 0 aliphatic carbocycles. The summed E-state index contributed by atoms with van der Waals surface area (Å²) in [5, 5.41) is 10.4. The number of rotatable bonds is 2. The van der Waals surface area contributed by atoms with Gasteiger partial charge in [0, 0.05) is 18.4 Å². The smallest absolute Gasteiger partial charge is 0.225 e. The van der Waals surface area contributed by atoms with Gasteiger partial charge in [0.25, 0.3) is 0 Å². The number of likely N-dealkylation sites (tertiary alicyclic amines) is 1. The summed E-state index contributed by atoms with van der Waals surface area (Å²) in [6.45, 7) is 1.69. The van der Waals surface area contributed by atoms with Crippen molar-refractivity contribution in [1.29, 1.82) is 0 Å². The van der Waals surface area contributed by atoms with E-state index >= 15 is 0 Å². The van der Waals surface area contributed by atoms with Gasteiger partial charge in [-0.2, -0.15) is 0 Å². The first-order valence-electron chi connectivity index (χ1n) is 5.78. The quantitative estimate of drug-likeness (QED) is 0.585. The minimum Gasteiger partial charge on any atom is -0.373 e. The van der Waals surface area contributed by atoms with Gasteiger partial charge in [-0.25, -0.2) is 0 Å². The van der Waals surface area contributed by atoms with Crippen molar-refractivity contribution >= 4 is 63.9 Å². The van der Waals surface area contributed by atoms with Crippen LogP contribution in [0.4, 0.5) is 0 Å². The Bertz CT molecular complexity index is 548. The number of amides is 1. The summed E-state index contributed by atoms with van der Waals surface area (Å²) in [7, 11) is 0. The number of hydrogen-bond donors (Lipinski definition) is 1. The average molecular weight is 377 g/mol. The Balaban J connectivity index is 2.55. The summed E-state index contributed by atoms with van der Waals surface area (Å²) in [5.74, 6) is -0.181. The Morgan fingerprint density at radius 1 is 1.05 bits per heavy atom. The Labute approximate surface area is 141 Å². The second kappa shape index (κ2) is 6.07. The Kier molecular flexibility index (Phi) is 5.00. The number of benzene rings is 1.